The van der Waals surface area contributed by atoms with Crippen LogP contribution in [-0.2, 0) is 22.8 Å². The first-order chi connectivity index (χ1) is 11.9. The summed E-state index contributed by atoms with van der Waals surface area (Å²) in [5, 5.41) is 0. The van der Waals surface area contributed by atoms with Crippen LogP contribution >= 0.6 is 0 Å². The number of carbonyl (C=O) groups excluding carboxylic acids is 1. The fraction of sp³-hybridized carbons (Fsp3) is 0.842. The van der Waals surface area contributed by atoms with Crippen molar-refractivity contribution >= 4 is 14.8 Å². The van der Waals surface area contributed by atoms with E-state index >= 15 is 0 Å². The lowest BCUT2D eigenvalue weighted by molar-refractivity contribution is -0.143. The zero-order chi connectivity index (χ0) is 19.1. The van der Waals surface area contributed by atoms with E-state index in [1.54, 1.807) is 28.3 Å². The molecule has 1 unspecified atom stereocenters. The van der Waals surface area contributed by atoms with Crippen LogP contribution in [0.5, 0.6) is 0 Å². The Kier molecular flexibility index (Phi) is 14.1. The van der Waals surface area contributed by atoms with Gasteiger partial charge in [-0.3, -0.25) is 0 Å². The van der Waals surface area contributed by atoms with Gasteiger partial charge in [0, 0.05) is 32.9 Å². The third kappa shape index (κ3) is 11.5. The van der Waals surface area contributed by atoms with Gasteiger partial charge in [0.2, 0.25) is 0 Å². The minimum atomic E-state index is -2.37. The van der Waals surface area contributed by atoms with Crippen LogP contribution in [0.1, 0.15) is 71.6 Å². The molecule has 0 rings (SSSR count). The minimum absolute atomic E-state index is 0.0176. The molecule has 6 heteroatoms. The molecule has 0 amide bonds. The van der Waals surface area contributed by atoms with Crippen molar-refractivity contribution in [3.8, 4) is 0 Å². The number of hydrogen-bond donors (Lipinski definition) is 0. The van der Waals surface area contributed by atoms with Gasteiger partial charge in [0.25, 0.3) is 0 Å². The minimum Gasteiger partial charge on any atom is -0.459 e. The predicted molar refractivity (Wildman–Crippen MR) is 104 cm³/mol. The quantitative estimate of drug-likeness (QED) is 0.167. The Morgan fingerprint density at radius 3 is 1.76 bits per heavy atom. The smallest absolute Gasteiger partial charge is 0.459 e. The maximum absolute atomic E-state index is 11.4. The van der Waals surface area contributed by atoms with E-state index in [1.807, 2.05) is 6.92 Å². The van der Waals surface area contributed by atoms with E-state index in [-0.39, 0.29) is 12.1 Å². The Morgan fingerprint density at radius 2 is 1.32 bits per heavy atom. The van der Waals surface area contributed by atoms with Crippen molar-refractivity contribution in [3.05, 3.63) is 12.2 Å². The average Bonchev–Trinajstić information content (AvgIpc) is 2.60. The average molecular weight is 375 g/mol. The second-order valence-corrected chi connectivity index (χ2v) is 9.75. The van der Waals surface area contributed by atoms with Gasteiger partial charge < -0.3 is 18.0 Å². The summed E-state index contributed by atoms with van der Waals surface area (Å²) in [6, 6.07) is 0.886. The second-order valence-electron chi connectivity index (χ2n) is 6.66. The number of unbranched alkanes of at least 4 members (excludes halogenated alkanes) is 7. The third-order valence-corrected chi connectivity index (χ3v) is 7.27. The summed E-state index contributed by atoms with van der Waals surface area (Å²) >= 11 is 0. The number of hydrogen-bond acceptors (Lipinski definition) is 5. The van der Waals surface area contributed by atoms with Gasteiger partial charge in [-0.15, -0.1) is 0 Å². The third-order valence-electron chi connectivity index (χ3n) is 4.43. The highest BCUT2D eigenvalue weighted by Gasteiger charge is 2.36. The molecule has 0 N–H and O–H groups in total. The molecule has 0 aliphatic carbocycles. The van der Waals surface area contributed by atoms with E-state index < -0.39 is 8.80 Å². The van der Waals surface area contributed by atoms with Gasteiger partial charge in [0.15, 0.2) is 0 Å². The molecule has 0 bridgehead atoms. The molecular formula is C19H38O5Si. The van der Waals surface area contributed by atoms with Crippen molar-refractivity contribution in [2.24, 2.45) is 0 Å². The fourth-order valence-electron chi connectivity index (χ4n) is 2.73. The zero-order valence-corrected chi connectivity index (χ0v) is 17.9. The van der Waals surface area contributed by atoms with Gasteiger partial charge in [0.1, 0.15) is 0 Å². The Balaban J connectivity index is 3.50. The van der Waals surface area contributed by atoms with E-state index in [4.69, 9.17) is 18.0 Å². The summed E-state index contributed by atoms with van der Waals surface area (Å²) in [6.45, 7) is 7.22. The first-order valence-electron chi connectivity index (χ1n) is 9.42. The molecule has 25 heavy (non-hydrogen) atoms. The van der Waals surface area contributed by atoms with Gasteiger partial charge >= 0.3 is 14.8 Å². The normalized spacial score (nSPS) is 12.8. The highest BCUT2D eigenvalue weighted by atomic mass is 28.4. The summed E-state index contributed by atoms with van der Waals surface area (Å²) in [4.78, 5) is 11.4. The molecule has 5 nitrogen and oxygen atoms in total. The van der Waals surface area contributed by atoms with E-state index in [2.05, 4.69) is 6.58 Å². The summed E-state index contributed by atoms with van der Waals surface area (Å²) in [5.74, 6) is -0.282. The number of carbonyl (C=O) groups is 1. The van der Waals surface area contributed by atoms with Crippen molar-refractivity contribution in [1.29, 1.82) is 0 Å². The van der Waals surface area contributed by atoms with Crippen LogP contribution in [0.2, 0.25) is 6.04 Å². The largest absolute Gasteiger partial charge is 0.500 e. The van der Waals surface area contributed by atoms with Crippen LogP contribution in [-0.4, -0.2) is 42.2 Å². The highest BCUT2D eigenvalue weighted by Crippen LogP contribution is 2.18. The number of ether oxygens (including phenoxy) is 1. The second kappa shape index (κ2) is 14.5. The Labute approximate surface area is 155 Å². The Bertz CT molecular complexity index is 361. The van der Waals surface area contributed by atoms with E-state index in [9.17, 15) is 4.79 Å². The van der Waals surface area contributed by atoms with Crippen molar-refractivity contribution in [3.63, 3.8) is 0 Å². The van der Waals surface area contributed by atoms with Crippen molar-refractivity contribution in [2.45, 2.75) is 83.8 Å². The molecule has 0 saturated carbocycles. The zero-order valence-electron chi connectivity index (χ0n) is 16.9. The SMILES string of the molecule is C=C(C)C(=O)OC(C)CCCCCCCCCC[Si](OC)(OC)OC. The summed E-state index contributed by atoms with van der Waals surface area (Å²) < 4.78 is 21.5. The molecule has 148 valence electrons. The van der Waals surface area contributed by atoms with Crippen molar-refractivity contribution in [1.82, 2.24) is 0 Å². The summed E-state index contributed by atoms with van der Waals surface area (Å²) in [6.07, 6.45) is 10.5. The number of esters is 1. The van der Waals surface area contributed by atoms with Gasteiger partial charge in [0.05, 0.1) is 6.10 Å². The Hall–Kier alpha value is -0.693. The number of rotatable bonds is 16. The predicted octanol–water partition coefficient (Wildman–Crippen LogP) is 4.88. The van der Waals surface area contributed by atoms with Crippen LogP contribution in [0.15, 0.2) is 12.2 Å². The van der Waals surface area contributed by atoms with Gasteiger partial charge in [-0.05, 0) is 33.1 Å². The van der Waals surface area contributed by atoms with Crippen LogP contribution in [0.3, 0.4) is 0 Å². The molecular weight excluding hydrogens is 336 g/mol. The van der Waals surface area contributed by atoms with Gasteiger partial charge in [-0.1, -0.05) is 45.1 Å². The molecule has 0 aromatic rings. The van der Waals surface area contributed by atoms with Gasteiger partial charge in [-0.25, -0.2) is 4.79 Å². The van der Waals surface area contributed by atoms with Crippen LogP contribution in [0.25, 0.3) is 0 Å². The topological polar surface area (TPSA) is 54.0 Å². The first-order valence-corrected chi connectivity index (χ1v) is 11.4. The molecule has 0 aliphatic rings. The molecule has 0 radical (unpaired) electrons. The lowest BCUT2D eigenvalue weighted by atomic mass is 10.1. The summed E-state index contributed by atoms with van der Waals surface area (Å²) in [5.41, 5.74) is 0.466. The van der Waals surface area contributed by atoms with Crippen molar-refractivity contribution in [2.75, 3.05) is 21.3 Å². The molecule has 0 saturated heterocycles. The molecule has 0 heterocycles. The van der Waals surface area contributed by atoms with E-state index in [1.165, 1.54) is 38.5 Å². The molecule has 0 aromatic carbocycles. The molecule has 1 atom stereocenters. The Morgan fingerprint density at radius 1 is 0.880 bits per heavy atom. The lowest BCUT2D eigenvalue weighted by Crippen LogP contribution is -2.42. The van der Waals surface area contributed by atoms with Crippen LogP contribution in [0.4, 0.5) is 0 Å². The van der Waals surface area contributed by atoms with Crippen LogP contribution in [0, 0.1) is 0 Å². The monoisotopic (exact) mass is 374 g/mol. The van der Waals surface area contributed by atoms with E-state index in [0.29, 0.717) is 5.57 Å². The lowest BCUT2D eigenvalue weighted by Gasteiger charge is -2.24. The molecule has 0 fully saturated rings. The molecule has 0 aliphatic heterocycles. The van der Waals surface area contributed by atoms with Crippen LogP contribution < -0.4 is 0 Å². The summed E-state index contributed by atoms with van der Waals surface area (Å²) in [7, 11) is 2.62. The standard InChI is InChI=1S/C19H38O5Si/c1-17(2)19(20)24-18(3)15-13-11-9-7-8-10-12-14-16-25(21-4,22-5)23-6/h18H,1,7-16H2,2-6H3. The fourth-order valence-corrected chi connectivity index (χ4v) is 4.53. The molecule has 0 aromatic heterocycles. The first kappa shape index (κ1) is 24.3. The van der Waals surface area contributed by atoms with E-state index in [0.717, 1.165) is 25.3 Å². The highest BCUT2D eigenvalue weighted by molar-refractivity contribution is 6.60. The maximum atomic E-state index is 11.4. The maximum Gasteiger partial charge on any atom is 0.500 e. The molecule has 0 spiro atoms. The van der Waals surface area contributed by atoms with Gasteiger partial charge in [-0.2, -0.15) is 0 Å². The van der Waals surface area contributed by atoms with Crippen molar-refractivity contribution < 1.29 is 22.8 Å².